The number of carbonyl (C=O) groups excluding carboxylic acids is 1. The van der Waals surface area contributed by atoms with E-state index in [4.69, 9.17) is 4.74 Å². The largest absolute Gasteiger partial charge is 0.462 e. The van der Waals surface area contributed by atoms with Gasteiger partial charge in [0, 0.05) is 26.1 Å². The average Bonchev–Trinajstić information content (AvgIpc) is 3.06. The molecule has 0 heterocycles. The summed E-state index contributed by atoms with van der Waals surface area (Å²) in [6.07, 6.45) is 38.1. The van der Waals surface area contributed by atoms with Crippen LogP contribution in [0.3, 0.4) is 0 Å². The molecule has 0 aliphatic rings. The minimum absolute atomic E-state index is 0.0231. The Balaban J connectivity index is 4.16. The van der Waals surface area contributed by atoms with Gasteiger partial charge in [0.2, 0.25) is 0 Å². The van der Waals surface area contributed by atoms with Crippen molar-refractivity contribution in [1.29, 1.82) is 0 Å². The molecule has 0 aliphatic heterocycles. The van der Waals surface area contributed by atoms with Crippen molar-refractivity contribution in [2.24, 2.45) is 0 Å². The normalized spacial score (nSPS) is 12.4. The van der Waals surface area contributed by atoms with E-state index in [-0.39, 0.29) is 24.8 Å². The van der Waals surface area contributed by atoms with E-state index >= 15 is 0 Å². The van der Waals surface area contributed by atoms with Crippen LogP contribution in [-0.2, 0) is 9.53 Å². The molecule has 0 radical (unpaired) electrons. The molecule has 0 saturated heterocycles. The number of esters is 1. The molecule has 1 atom stereocenters. The summed E-state index contributed by atoms with van der Waals surface area (Å²) in [5.41, 5.74) is 0. The number of carbonyl (C=O) groups is 1. The number of hydrogen-bond acceptors (Lipinski definition) is 5. The summed E-state index contributed by atoms with van der Waals surface area (Å²) in [5, 5.41) is 20.1. The zero-order valence-electron chi connectivity index (χ0n) is 32.3. The molecule has 47 heavy (non-hydrogen) atoms. The number of ether oxygens (including phenoxy) is 1. The van der Waals surface area contributed by atoms with Crippen molar-refractivity contribution in [3.63, 3.8) is 0 Å². The molecule has 0 spiro atoms. The van der Waals surface area contributed by atoms with Crippen LogP contribution >= 0.6 is 0 Å². The Labute approximate surface area is 294 Å². The predicted octanol–water partition coefficient (Wildman–Crippen LogP) is 12.1. The summed E-state index contributed by atoms with van der Waals surface area (Å²) in [6, 6.07) is 0. The molecular formula is C42H85NO4. The van der Waals surface area contributed by atoms with Gasteiger partial charge < -0.3 is 19.8 Å². The van der Waals surface area contributed by atoms with Gasteiger partial charge in [-0.15, -0.1) is 0 Å². The number of aliphatic hydroxyl groups is 2. The summed E-state index contributed by atoms with van der Waals surface area (Å²) in [5.74, 6) is -0.0231. The van der Waals surface area contributed by atoms with Crippen molar-refractivity contribution >= 4 is 5.97 Å². The van der Waals surface area contributed by atoms with Gasteiger partial charge in [0.15, 0.2) is 0 Å². The highest BCUT2D eigenvalue weighted by Gasteiger charge is 2.15. The van der Waals surface area contributed by atoms with Crippen LogP contribution in [0.15, 0.2) is 0 Å². The molecule has 0 bridgehead atoms. The SMILES string of the molecule is CCCCCCCCCCCCCCN(CCCO)CC(O)CCCCCC(=O)OC(CCCCCCCC)CCCCCCCC. The van der Waals surface area contributed by atoms with Gasteiger partial charge in [-0.3, -0.25) is 4.79 Å². The molecule has 0 fully saturated rings. The Morgan fingerprint density at radius 2 is 0.894 bits per heavy atom. The molecule has 0 aromatic heterocycles. The summed E-state index contributed by atoms with van der Waals surface area (Å²) in [4.78, 5) is 15.1. The second-order valence-corrected chi connectivity index (χ2v) is 14.7. The lowest BCUT2D eigenvalue weighted by Crippen LogP contribution is -2.34. The molecule has 0 saturated carbocycles. The average molecular weight is 668 g/mol. The molecule has 5 nitrogen and oxygen atoms in total. The topological polar surface area (TPSA) is 70.0 Å². The van der Waals surface area contributed by atoms with Gasteiger partial charge >= 0.3 is 5.97 Å². The number of hydrogen-bond donors (Lipinski definition) is 2. The Morgan fingerprint density at radius 3 is 1.36 bits per heavy atom. The quantitative estimate of drug-likeness (QED) is 0.0504. The van der Waals surface area contributed by atoms with Crippen LogP contribution in [0.25, 0.3) is 0 Å². The summed E-state index contributed by atoms with van der Waals surface area (Å²) in [6.45, 7) is 9.57. The molecule has 0 aliphatic carbocycles. The summed E-state index contributed by atoms with van der Waals surface area (Å²) < 4.78 is 6.00. The molecule has 282 valence electrons. The second-order valence-electron chi connectivity index (χ2n) is 14.7. The van der Waals surface area contributed by atoms with Crippen LogP contribution in [0.2, 0.25) is 0 Å². The Kier molecular flexibility index (Phi) is 37.6. The zero-order chi connectivity index (χ0) is 34.5. The number of unbranched alkanes of at least 4 members (excludes halogenated alkanes) is 23. The van der Waals surface area contributed by atoms with E-state index < -0.39 is 0 Å². The van der Waals surface area contributed by atoms with E-state index in [2.05, 4.69) is 25.7 Å². The Bertz CT molecular complexity index is 599. The van der Waals surface area contributed by atoms with Crippen molar-refractivity contribution < 1.29 is 19.7 Å². The van der Waals surface area contributed by atoms with E-state index in [1.54, 1.807) is 0 Å². The zero-order valence-corrected chi connectivity index (χ0v) is 32.3. The molecule has 0 rings (SSSR count). The third-order valence-corrected chi connectivity index (χ3v) is 9.90. The standard InChI is InChI=1S/C42H85NO4/c1-4-7-10-13-16-17-18-19-20-21-24-30-36-43(37-31-38-44)39-40(45)32-26-25-29-35-42(46)47-41(33-27-22-14-11-8-5-2)34-28-23-15-12-9-6-3/h40-41,44-45H,4-39H2,1-3H3. The fourth-order valence-electron chi connectivity index (χ4n) is 6.79. The molecular weight excluding hydrogens is 582 g/mol. The first-order valence-electron chi connectivity index (χ1n) is 21.3. The number of nitrogens with zero attached hydrogens (tertiary/aromatic N) is 1. The second kappa shape index (κ2) is 38.2. The first-order chi connectivity index (χ1) is 23.1. The fraction of sp³-hybridized carbons (Fsp3) is 0.976. The van der Waals surface area contributed by atoms with Crippen molar-refractivity contribution in [2.75, 3.05) is 26.2 Å². The van der Waals surface area contributed by atoms with Crippen molar-refractivity contribution in [2.45, 2.75) is 238 Å². The maximum Gasteiger partial charge on any atom is 0.306 e. The highest BCUT2D eigenvalue weighted by Crippen LogP contribution is 2.19. The van der Waals surface area contributed by atoms with Crippen LogP contribution in [0, 0.1) is 0 Å². The monoisotopic (exact) mass is 668 g/mol. The lowest BCUT2D eigenvalue weighted by atomic mass is 10.0. The molecule has 1 unspecified atom stereocenters. The van der Waals surface area contributed by atoms with E-state index in [0.717, 1.165) is 58.0 Å². The number of aliphatic hydroxyl groups excluding tert-OH is 2. The van der Waals surface area contributed by atoms with Gasteiger partial charge in [-0.2, -0.15) is 0 Å². The Morgan fingerprint density at radius 1 is 0.511 bits per heavy atom. The van der Waals surface area contributed by atoms with Crippen LogP contribution in [0.1, 0.15) is 226 Å². The van der Waals surface area contributed by atoms with Crippen molar-refractivity contribution in [1.82, 2.24) is 4.90 Å². The fourth-order valence-corrected chi connectivity index (χ4v) is 6.79. The van der Waals surface area contributed by atoms with Gasteiger partial charge in [-0.1, -0.05) is 168 Å². The predicted molar refractivity (Wildman–Crippen MR) is 204 cm³/mol. The van der Waals surface area contributed by atoms with Gasteiger partial charge in [0.25, 0.3) is 0 Å². The molecule has 0 aromatic carbocycles. The highest BCUT2D eigenvalue weighted by atomic mass is 16.5. The van der Waals surface area contributed by atoms with Crippen molar-refractivity contribution in [3.05, 3.63) is 0 Å². The molecule has 5 heteroatoms. The van der Waals surface area contributed by atoms with Crippen LogP contribution < -0.4 is 0 Å². The minimum atomic E-state index is -0.336. The lowest BCUT2D eigenvalue weighted by molar-refractivity contribution is -0.150. The smallest absolute Gasteiger partial charge is 0.306 e. The van der Waals surface area contributed by atoms with Crippen LogP contribution in [0.4, 0.5) is 0 Å². The van der Waals surface area contributed by atoms with Crippen LogP contribution in [0.5, 0.6) is 0 Å². The third kappa shape index (κ3) is 35.0. The van der Waals surface area contributed by atoms with Gasteiger partial charge in [0.1, 0.15) is 6.10 Å². The van der Waals surface area contributed by atoms with Gasteiger partial charge in [-0.05, 0) is 57.9 Å². The van der Waals surface area contributed by atoms with E-state index in [1.165, 1.54) is 154 Å². The lowest BCUT2D eigenvalue weighted by Gasteiger charge is -2.25. The van der Waals surface area contributed by atoms with Crippen molar-refractivity contribution in [3.8, 4) is 0 Å². The van der Waals surface area contributed by atoms with Gasteiger partial charge in [-0.25, -0.2) is 0 Å². The molecule has 0 aromatic rings. The molecule has 0 amide bonds. The van der Waals surface area contributed by atoms with E-state index in [9.17, 15) is 15.0 Å². The first kappa shape index (κ1) is 46.4. The van der Waals surface area contributed by atoms with E-state index in [0.29, 0.717) is 13.0 Å². The van der Waals surface area contributed by atoms with Crippen LogP contribution in [-0.4, -0.2) is 59.5 Å². The van der Waals surface area contributed by atoms with Gasteiger partial charge in [0.05, 0.1) is 6.10 Å². The maximum atomic E-state index is 12.7. The summed E-state index contributed by atoms with van der Waals surface area (Å²) >= 11 is 0. The first-order valence-corrected chi connectivity index (χ1v) is 21.3. The minimum Gasteiger partial charge on any atom is -0.462 e. The van der Waals surface area contributed by atoms with E-state index in [1.807, 2.05) is 0 Å². The highest BCUT2D eigenvalue weighted by molar-refractivity contribution is 5.69. The summed E-state index contributed by atoms with van der Waals surface area (Å²) in [7, 11) is 0. The third-order valence-electron chi connectivity index (χ3n) is 9.90. The number of rotatable bonds is 39. The Hall–Kier alpha value is -0.650. The molecule has 2 N–H and O–H groups in total. The maximum absolute atomic E-state index is 12.7.